The molecule has 0 bridgehead atoms. The molecule has 1 heterocycles. The number of hydrogen-bond donors (Lipinski definition) is 0. The lowest BCUT2D eigenvalue weighted by Gasteiger charge is -2.14. The molecule has 0 spiro atoms. The molecule has 4 nitrogen and oxygen atoms in total. The molecule has 1 amide bonds. The third kappa shape index (κ3) is 2.36. The van der Waals surface area contributed by atoms with Crippen molar-refractivity contribution in [2.45, 2.75) is 0 Å². The zero-order chi connectivity index (χ0) is 15.7. The Morgan fingerprint density at radius 2 is 1.82 bits per heavy atom. The number of halogens is 1. The minimum absolute atomic E-state index is 0.241. The van der Waals surface area contributed by atoms with E-state index in [0.717, 1.165) is 11.1 Å². The van der Waals surface area contributed by atoms with Crippen LogP contribution < -0.4 is 4.74 Å². The van der Waals surface area contributed by atoms with Gasteiger partial charge < -0.3 is 4.74 Å². The fraction of sp³-hybridized carbons (Fsp3) is 0.118. The first-order valence-electron chi connectivity index (χ1n) is 6.69. The van der Waals surface area contributed by atoms with Crippen molar-refractivity contribution >= 4 is 29.3 Å². The number of benzene rings is 2. The second-order valence-electron chi connectivity index (χ2n) is 4.75. The van der Waals surface area contributed by atoms with Crippen molar-refractivity contribution < 1.29 is 14.4 Å². The van der Waals surface area contributed by atoms with Gasteiger partial charge in [-0.3, -0.25) is 9.63 Å². The van der Waals surface area contributed by atoms with E-state index in [2.05, 4.69) is 0 Å². The number of fused-ring (bicyclic) bond motifs is 1. The van der Waals surface area contributed by atoms with Crippen molar-refractivity contribution in [1.82, 2.24) is 5.06 Å². The van der Waals surface area contributed by atoms with Crippen molar-refractivity contribution in [2.24, 2.45) is 0 Å². The average Bonchev–Trinajstić information content (AvgIpc) is 2.81. The van der Waals surface area contributed by atoms with Gasteiger partial charge in [-0.2, -0.15) is 5.06 Å². The molecule has 0 atom stereocenters. The maximum atomic E-state index is 12.5. The number of amides is 1. The highest BCUT2D eigenvalue weighted by Gasteiger charge is 2.35. The largest absolute Gasteiger partial charge is 0.496 e. The first-order chi connectivity index (χ1) is 10.7. The van der Waals surface area contributed by atoms with Gasteiger partial charge in [-0.25, -0.2) is 0 Å². The predicted molar refractivity (Wildman–Crippen MR) is 85.5 cm³/mol. The molecule has 22 heavy (non-hydrogen) atoms. The van der Waals surface area contributed by atoms with Gasteiger partial charge in [-0.05, 0) is 29.8 Å². The maximum absolute atomic E-state index is 12.5. The molecule has 5 heteroatoms. The standard InChI is InChI=1S/C17H14ClNO3/c1-21-15-5-3-4-13-14(19(22-2)17(20)16(13)15)10-11-6-8-12(18)9-7-11/h3-10H,1-2H3/b14-10+. The van der Waals surface area contributed by atoms with Crippen LogP contribution in [-0.4, -0.2) is 25.2 Å². The zero-order valence-electron chi connectivity index (χ0n) is 12.2. The van der Waals surface area contributed by atoms with Crippen LogP contribution in [0.3, 0.4) is 0 Å². The van der Waals surface area contributed by atoms with Crippen molar-refractivity contribution in [3.05, 3.63) is 64.2 Å². The van der Waals surface area contributed by atoms with Crippen LogP contribution in [0.4, 0.5) is 0 Å². The summed E-state index contributed by atoms with van der Waals surface area (Å²) in [5, 5.41) is 1.93. The van der Waals surface area contributed by atoms with Gasteiger partial charge in [0.25, 0.3) is 5.91 Å². The molecule has 1 aliphatic rings. The highest BCUT2D eigenvalue weighted by Crippen LogP contribution is 2.38. The van der Waals surface area contributed by atoms with E-state index in [1.165, 1.54) is 12.2 Å². The second-order valence-corrected chi connectivity index (χ2v) is 5.18. The molecule has 0 radical (unpaired) electrons. The van der Waals surface area contributed by atoms with E-state index < -0.39 is 0 Å². The summed E-state index contributed by atoms with van der Waals surface area (Å²) in [5.41, 5.74) is 2.88. The van der Waals surface area contributed by atoms with Gasteiger partial charge in [0.05, 0.1) is 25.5 Å². The van der Waals surface area contributed by atoms with Gasteiger partial charge in [0.15, 0.2) is 0 Å². The molecule has 0 saturated heterocycles. The molecule has 2 aromatic rings. The van der Waals surface area contributed by atoms with E-state index in [1.54, 1.807) is 25.3 Å². The Labute approximate surface area is 133 Å². The van der Waals surface area contributed by atoms with Crippen molar-refractivity contribution in [2.75, 3.05) is 14.2 Å². The van der Waals surface area contributed by atoms with Crippen molar-refractivity contribution in [3.63, 3.8) is 0 Å². The number of nitrogens with zero attached hydrogens (tertiary/aromatic N) is 1. The van der Waals surface area contributed by atoms with Crippen LogP contribution in [0.5, 0.6) is 5.75 Å². The summed E-state index contributed by atoms with van der Waals surface area (Å²) in [6.45, 7) is 0. The van der Waals surface area contributed by atoms with Crippen LogP contribution in [0.1, 0.15) is 21.5 Å². The molecular formula is C17H14ClNO3. The molecule has 3 rings (SSSR count). The number of ether oxygens (including phenoxy) is 1. The first kappa shape index (κ1) is 14.6. The Bertz CT molecular complexity index is 753. The summed E-state index contributed by atoms with van der Waals surface area (Å²) in [6.07, 6.45) is 1.88. The Balaban J connectivity index is 2.15. The molecule has 0 saturated carbocycles. The minimum atomic E-state index is -0.241. The SMILES string of the molecule is COc1cccc2c1C(=O)N(OC)/C2=C/c1ccc(Cl)cc1. The fourth-order valence-corrected chi connectivity index (χ4v) is 2.62. The zero-order valence-corrected chi connectivity index (χ0v) is 12.9. The monoisotopic (exact) mass is 315 g/mol. The molecule has 2 aromatic carbocycles. The van der Waals surface area contributed by atoms with Crippen LogP contribution in [0.25, 0.3) is 11.8 Å². The van der Waals surface area contributed by atoms with Crippen molar-refractivity contribution in [1.29, 1.82) is 0 Å². The highest BCUT2D eigenvalue weighted by atomic mass is 35.5. The Morgan fingerprint density at radius 3 is 2.45 bits per heavy atom. The summed E-state index contributed by atoms with van der Waals surface area (Å²) in [6, 6.07) is 12.8. The van der Waals surface area contributed by atoms with Crippen LogP contribution in [-0.2, 0) is 4.84 Å². The molecule has 0 N–H and O–H groups in total. The highest BCUT2D eigenvalue weighted by molar-refractivity contribution is 6.30. The lowest BCUT2D eigenvalue weighted by molar-refractivity contribution is -0.0452. The smallest absolute Gasteiger partial charge is 0.286 e. The summed E-state index contributed by atoms with van der Waals surface area (Å²) in [5.74, 6) is 0.291. The quantitative estimate of drug-likeness (QED) is 0.863. The molecule has 0 aromatic heterocycles. The molecule has 0 fully saturated rings. The fourth-order valence-electron chi connectivity index (χ4n) is 2.49. The Morgan fingerprint density at radius 1 is 1.09 bits per heavy atom. The van der Waals surface area contributed by atoms with Crippen LogP contribution in [0.2, 0.25) is 5.02 Å². The number of carbonyl (C=O) groups is 1. The van der Waals surface area contributed by atoms with Gasteiger partial charge in [-0.1, -0.05) is 35.9 Å². The van der Waals surface area contributed by atoms with Gasteiger partial charge in [-0.15, -0.1) is 0 Å². The minimum Gasteiger partial charge on any atom is -0.496 e. The van der Waals surface area contributed by atoms with Crippen molar-refractivity contribution in [3.8, 4) is 5.75 Å². The molecule has 0 unspecified atom stereocenters. The molecule has 0 aliphatic carbocycles. The van der Waals surface area contributed by atoms with Gasteiger partial charge in [0.2, 0.25) is 0 Å². The molecule has 112 valence electrons. The summed E-state index contributed by atoms with van der Waals surface area (Å²) >= 11 is 5.90. The van der Waals surface area contributed by atoms with E-state index in [0.29, 0.717) is 22.0 Å². The summed E-state index contributed by atoms with van der Waals surface area (Å²) in [4.78, 5) is 17.8. The van der Waals surface area contributed by atoms with Gasteiger partial charge >= 0.3 is 0 Å². The number of rotatable bonds is 3. The second kappa shape index (κ2) is 5.83. The molecule has 1 aliphatic heterocycles. The lowest BCUT2D eigenvalue weighted by atomic mass is 10.1. The van der Waals surface area contributed by atoms with E-state index in [1.807, 2.05) is 30.3 Å². The Kier molecular flexibility index (Phi) is 3.88. The van der Waals surface area contributed by atoms with E-state index in [4.69, 9.17) is 21.2 Å². The third-order valence-corrected chi connectivity index (χ3v) is 3.75. The number of hydrogen-bond acceptors (Lipinski definition) is 3. The number of hydroxylamine groups is 2. The lowest BCUT2D eigenvalue weighted by Crippen LogP contribution is -2.21. The topological polar surface area (TPSA) is 38.8 Å². The normalized spacial score (nSPS) is 15.3. The van der Waals surface area contributed by atoms with E-state index in [9.17, 15) is 4.79 Å². The maximum Gasteiger partial charge on any atom is 0.286 e. The number of carbonyl (C=O) groups excluding carboxylic acids is 1. The van der Waals surface area contributed by atoms with Crippen LogP contribution in [0, 0.1) is 0 Å². The van der Waals surface area contributed by atoms with Crippen LogP contribution >= 0.6 is 11.6 Å². The van der Waals surface area contributed by atoms with Gasteiger partial charge in [0, 0.05) is 10.6 Å². The summed E-state index contributed by atoms with van der Waals surface area (Å²) in [7, 11) is 3.01. The predicted octanol–water partition coefficient (Wildman–Crippen LogP) is 3.86. The average molecular weight is 316 g/mol. The molecular weight excluding hydrogens is 302 g/mol. The third-order valence-electron chi connectivity index (χ3n) is 3.50. The van der Waals surface area contributed by atoms with Gasteiger partial charge in [0.1, 0.15) is 5.75 Å². The van der Waals surface area contributed by atoms with E-state index in [-0.39, 0.29) is 5.91 Å². The van der Waals surface area contributed by atoms with E-state index >= 15 is 0 Å². The summed E-state index contributed by atoms with van der Waals surface area (Å²) < 4.78 is 5.29. The number of methoxy groups -OCH3 is 1. The first-order valence-corrected chi connectivity index (χ1v) is 7.06. The Hall–Kier alpha value is -2.30. The van der Waals surface area contributed by atoms with Crippen LogP contribution in [0.15, 0.2) is 42.5 Å².